The van der Waals surface area contributed by atoms with Crippen molar-refractivity contribution < 1.29 is 4.42 Å². The molecule has 0 atom stereocenters. The first-order valence-corrected chi connectivity index (χ1v) is 17.9. The molecule has 0 fully saturated rings. The standard InChI is InChI=1S/C51H34O/c1-3-13-43(14-4-1)51(44-15-5-2-6-16-44)47-18-10-9-17-45(47)46-30-29-42(34-48(46)51)37-21-26-39(27-22-37)50-32-31-49(52-50)38-24-19-36(20-25-38)41-28-23-35-11-7-8-12-40(35)33-41/h1-34H. The first-order chi connectivity index (χ1) is 25.8. The SMILES string of the molecule is c1ccc(C2(c3ccccc3)c3ccccc3-c3ccc(-c4ccc(-c5ccc(-c6ccc(-c7ccc8ccccc8c7)cc6)o5)cc4)cc32)cc1. The molecule has 0 amide bonds. The van der Waals surface area contributed by atoms with Gasteiger partial charge in [-0.2, -0.15) is 0 Å². The molecule has 9 aromatic rings. The van der Waals surface area contributed by atoms with Gasteiger partial charge in [-0.05, 0) is 90.7 Å². The van der Waals surface area contributed by atoms with E-state index in [4.69, 9.17) is 4.42 Å². The van der Waals surface area contributed by atoms with Gasteiger partial charge in [-0.1, -0.05) is 182 Å². The van der Waals surface area contributed by atoms with Gasteiger partial charge in [0.15, 0.2) is 0 Å². The van der Waals surface area contributed by atoms with E-state index in [0.29, 0.717) is 0 Å². The Morgan fingerprint density at radius 1 is 0.288 bits per heavy atom. The fraction of sp³-hybridized carbons (Fsp3) is 0.0196. The van der Waals surface area contributed by atoms with Crippen molar-refractivity contribution in [2.24, 2.45) is 0 Å². The van der Waals surface area contributed by atoms with Crippen molar-refractivity contribution in [2.45, 2.75) is 5.41 Å². The molecule has 8 aromatic carbocycles. The maximum Gasteiger partial charge on any atom is 0.134 e. The number of furan rings is 1. The molecule has 0 N–H and O–H groups in total. The van der Waals surface area contributed by atoms with Crippen LogP contribution in [0.25, 0.3) is 66.8 Å². The summed E-state index contributed by atoms with van der Waals surface area (Å²) >= 11 is 0. The average Bonchev–Trinajstić information content (AvgIpc) is 3.84. The number of fused-ring (bicyclic) bond motifs is 4. The second-order valence-electron chi connectivity index (χ2n) is 13.7. The summed E-state index contributed by atoms with van der Waals surface area (Å²) in [5.41, 5.74) is 14.3. The zero-order valence-corrected chi connectivity index (χ0v) is 28.5. The zero-order chi connectivity index (χ0) is 34.5. The van der Waals surface area contributed by atoms with Crippen LogP contribution in [0.1, 0.15) is 22.3 Å². The minimum absolute atomic E-state index is 0.414. The molecule has 0 saturated heterocycles. The van der Waals surface area contributed by atoms with E-state index >= 15 is 0 Å². The van der Waals surface area contributed by atoms with E-state index in [1.807, 2.05) is 0 Å². The van der Waals surface area contributed by atoms with E-state index in [0.717, 1.165) is 22.6 Å². The normalized spacial score (nSPS) is 12.8. The van der Waals surface area contributed by atoms with Gasteiger partial charge >= 0.3 is 0 Å². The lowest BCUT2D eigenvalue weighted by Crippen LogP contribution is -2.28. The molecule has 1 aliphatic rings. The first-order valence-electron chi connectivity index (χ1n) is 17.9. The summed E-state index contributed by atoms with van der Waals surface area (Å²) in [5.74, 6) is 1.72. The van der Waals surface area contributed by atoms with Gasteiger partial charge in [-0.25, -0.2) is 0 Å². The van der Waals surface area contributed by atoms with Crippen molar-refractivity contribution in [2.75, 3.05) is 0 Å². The quantitative estimate of drug-likeness (QED) is 0.173. The lowest BCUT2D eigenvalue weighted by Gasteiger charge is -2.34. The first kappa shape index (κ1) is 30.2. The molecular formula is C51H34O. The van der Waals surface area contributed by atoms with Crippen LogP contribution in [0.3, 0.4) is 0 Å². The molecule has 0 radical (unpaired) electrons. The zero-order valence-electron chi connectivity index (χ0n) is 28.5. The Labute approximate surface area is 304 Å². The maximum atomic E-state index is 6.43. The van der Waals surface area contributed by atoms with Gasteiger partial charge in [0.2, 0.25) is 0 Å². The van der Waals surface area contributed by atoms with Crippen molar-refractivity contribution in [3.8, 4) is 56.0 Å². The van der Waals surface area contributed by atoms with Crippen LogP contribution in [0.2, 0.25) is 0 Å². The summed E-state index contributed by atoms with van der Waals surface area (Å²) in [6.07, 6.45) is 0. The molecule has 0 saturated carbocycles. The summed E-state index contributed by atoms with van der Waals surface area (Å²) in [6, 6.07) is 74.5. The Bertz CT molecular complexity index is 2660. The monoisotopic (exact) mass is 662 g/mol. The molecule has 1 aromatic heterocycles. The third-order valence-corrected chi connectivity index (χ3v) is 10.8. The lowest BCUT2D eigenvalue weighted by atomic mass is 9.67. The molecule has 244 valence electrons. The summed E-state index contributed by atoms with van der Waals surface area (Å²) in [4.78, 5) is 0. The lowest BCUT2D eigenvalue weighted by molar-refractivity contribution is 0.597. The van der Waals surface area contributed by atoms with Gasteiger partial charge < -0.3 is 4.42 Å². The van der Waals surface area contributed by atoms with Gasteiger partial charge in [0.05, 0.1) is 5.41 Å². The largest absolute Gasteiger partial charge is 0.456 e. The smallest absolute Gasteiger partial charge is 0.134 e. The van der Waals surface area contributed by atoms with E-state index in [1.54, 1.807) is 0 Å². The Morgan fingerprint density at radius 3 is 1.38 bits per heavy atom. The highest BCUT2D eigenvalue weighted by atomic mass is 16.3. The van der Waals surface area contributed by atoms with Crippen LogP contribution in [0.5, 0.6) is 0 Å². The number of hydrogen-bond acceptors (Lipinski definition) is 1. The number of hydrogen-bond donors (Lipinski definition) is 0. The van der Waals surface area contributed by atoms with Crippen molar-refractivity contribution >= 4 is 10.8 Å². The Hall–Kier alpha value is -6.70. The average molecular weight is 663 g/mol. The summed E-state index contributed by atoms with van der Waals surface area (Å²) in [5, 5.41) is 2.51. The molecule has 10 rings (SSSR count). The van der Waals surface area contributed by atoms with Crippen LogP contribution in [0.15, 0.2) is 211 Å². The minimum atomic E-state index is -0.414. The summed E-state index contributed by atoms with van der Waals surface area (Å²) in [7, 11) is 0. The third kappa shape index (κ3) is 4.86. The van der Waals surface area contributed by atoms with Gasteiger partial charge in [-0.15, -0.1) is 0 Å². The molecule has 52 heavy (non-hydrogen) atoms. The van der Waals surface area contributed by atoms with E-state index in [9.17, 15) is 0 Å². The molecule has 1 aliphatic carbocycles. The maximum absolute atomic E-state index is 6.43. The molecule has 0 spiro atoms. The van der Waals surface area contributed by atoms with Gasteiger partial charge in [0.25, 0.3) is 0 Å². The van der Waals surface area contributed by atoms with Crippen molar-refractivity contribution in [1.29, 1.82) is 0 Å². The highest BCUT2D eigenvalue weighted by Crippen LogP contribution is 2.56. The van der Waals surface area contributed by atoms with Crippen LogP contribution in [-0.2, 0) is 5.41 Å². The third-order valence-electron chi connectivity index (χ3n) is 10.8. The van der Waals surface area contributed by atoms with Crippen molar-refractivity contribution in [1.82, 2.24) is 0 Å². The van der Waals surface area contributed by atoms with E-state index in [1.165, 1.54) is 66.4 Å². The van der Waals surface area contributed by atoms with Crippen molar-refractivity contribution in [3.05, 3.63) is 229 Å². The van der Waals surface area contributed by atoms with Gasteiger partial charge in [0.1, 0.15) is 11.5 Å². The molecule has 1 nitrogen and oxygen atoms in total. The van der Waals surface area contributed by atoms with E-state index < -0.39 is 5.41 Å². The molecule has 1 heterocycles. The molecule has 1 heteroatoms. The number of rotatable bonds is 6. The molecule has 0 aliphatic heterocycles. The molecule has 0 bridgehead atoms. The van der Waals surface area contributed by atoms with Gasteiger partial charge in [-0.3, -0.25) is 0 Å². The Morgan fingerprint density at radius 2 is 0.750 bits per heavy atom. The highest BCUT2D eigenvalue weighted by molar-refractivity contribution is 5.89. The summed E-state index contributed by atoms with van der Waals surface area (Å²) in [6.45, 7) is 0. The van der Waals surface area contributed by atoms with Crippen LogP contribution in [0, 0.1) is 0 Å². The molecule has 0 unspecified atom stereocenters. The predicted octanol–water partition coefficient (Wildman–Crippen LogP) is 13.5. The predicted molar refractivity (Wildman–Crippen MR) is 215 cm³/mol. The highest BCUT2D eigenvalue weighted by Gasteiger charge is 2.46. The van der Waals surface area contributed by atoms with Gasteiger partial charge in [0, 0.05) is 11.1 Å². The van der Waals surface area contributed by atoms with E-state index in [2.05, 4.69) is 206 Å². The van der Waals surface area contributed by atoms with Crippen LogP contribution < -0.4 is 0 Å². The summed E-state index contributed by atoms with van der Waals surface area (Å²) < 4.78 is 6.43. The second kappa shape index (κ2) is 12.3. The molecular weight excluding hydrogens is 629 g/mol. The van der Waals surface area contributed by atoms with Crippen LogP contribution in [-0.4, -0.2) is 0 Å². The Balaban J connectivity index is 0.971. The fourth-order valence-electron chi connectivity index (χ4n) is 8.29. The van der Waals surface area contributed by atoms with E-state index in [-0.39, 0.29) is 0 Å². The second-order valence-corrected chi connectivity index (χ2v) is 13.7. The van der Waals surface area contributed by atoms with Crippen LogP contribution in [0.4, 0.5) is 0 Å². The number of benzene rings is 8. The fourth-order valence-corrected chi connectivity index (χ4v) is 8.29. The Kier molecular flexibility index (Phi) is 7.11. The topological polar surface area (TPSA) is 13.1 Å². The van der Waals surface area contributed by atoms with Crippen molar-refractivity contribution in [3.63, 3.8) is 0 Å². The minimum Gasteiger partial charge on any atom is -0.456 e. The van der Waals surface area contributed by atoms with Crippen LogP contribution >= 0.6 is 0 Å².